The number of benzene rings is 1. The maximum atomic E-state index is 11.7. The summed E-state index contributed by atoms with van der Waals surface area (Å²) in [6, 6.07) is 7.66. The van der Waals surface area contributed by atoms with Crippen molar-refractivity contribution in [2.24, 2.45) is 0 Å². The van der Waals surface area contributed by atoms with Gasteiger partial charge in [0.1, 0.15) is 0 Å². The van der Waals surface area contributed by atoms with E-state index in [-0.39, 0.29) is 17.6 Å². The van der Waals surface area contributed by atoms with Crippen LogP contribution in [-0.4, -0.2) is 29.9 Å². The topological polar surface area (TPSA) is 58.2 Å². The first-order chi connectivity index (χ1) is 10.6. The van der Waals surface area contributed by atoms with E-state index < -0.39 is 0 Å². The number of aryl methyl sites for hydroxylation is 1. The lowest BCUT2D eigenvalue weighted by Gasteiger charge is -2.06. The van der Waals surface area contributed by atoms with Crippen LogP contribution in [0.3, 0.4) is 0 Å². The molecular weight excluding hydrogens is 296 g/mol. The van der Waals surface area contributed by atoms with Gasteiger partial charge in [0.15, 0.2) is 0 Å². The summed E-state index contributed by atoms with van der Waals surface area (Å²) < 4.78 is 0. The maximum Gasteiger partial charge on any atom is 0.234 e. The van der Waals surface area contributed by atoms with Crippen LogP contribution in [0.2, 0.25) is 0 Å². The second-order valence-corrected chi connectivity index (χ2v) is 6.30. The van der Waals surface area contributed by atoms with E-state index >= 15 is 0 Å². The van der Waals surface area contributed by atoms with Gasteiger partial charge in [-0.2, -0.15) is 0 Å². The summed E-state index contributed by atoms with van der Waals surface area (Å²) in [5, 5.41) is 5.70. The summed E-state index contributed by atoms with van der Waals surface area (Å²) >= 11 is 1.34. The van der Waals surface area contributed by atoms with Crippen molar-refractivity contribution in [2.45, 2.75) is 39.5 Å². The van der Waals surface area contributed by atoms with Gasteiger partial charge in [0.2, 0.25) is 11.8 Å². The smallest absolute Gasteiger partial charge is 0.234 e. The Kier molecular flexibility index (Phi) is 9.39. The van der Waals surface area contributed by atoms with Gasteiger partial charge in [-0.3, -0.25) is 9.59 Å². The van der Waals surface area contributed by atoms with Gasteiger partial charge in [0.25, 0.3) is 0 Å². The van der Waals surface area contributed by atoms with Gasteiger partial charge in [-0.25, -0.2) is 0 Å². The van der Waals surface area contributed by atoms with Gasteiger partial charge < -0.3 is 10.6 Å². The number of rotatable bonds is 10. The predicted octanol–water partition coefficient (Wildman–Crippen LogP) is 3.36. The second kappa shape index (κ2) is 11.1. The van der Waals surface area contributed by atoms with Crippen molar-refractivity contribution in [1.29, 1.82) is 0 Å². The number of hydrogen-bond donors (Lipinski definition) is 2. The first kappa shape index (κ1) is 18.6. The van der Waals surface area contributed by atoms with E-state index in [9.17, 15) is 9.59 Å². The lowest BCUT2D eigenvalue weighted by molar-refractivity contribution is -0.118. The molecule has 0 bridgehead atoms. The quantitative estimate of drug-likeness (QED) is 0.649. The van der Waals surface area contributed by atoms with Crippen molar-refractivity contribution in [3.8, 4) is 0 Å². The first-order valence-electron chi connectivity index (χ1n) is 7.82. The van der Waals surface area contributed by atoms with Crippen LogP contribution < -0.4 is 10.6 Å². The average Bonchev–Trinajstić information content (AvgIpc) is 2.49. The van der Waals surface area contributed by atoms with E-state index in [1.807, 2.05) is 31.2 Å². The molecule has 0 atom stereocenters. The molecule has 0 saturated carbocycles. The highest BCUT2D eigenvalue weighted by molar-refractivity contribution is 8.00. The molecule has 1 rings (SSSR count). The molecule has 2 N–H and O–H groups in total. The number of carbonyl (C=O) groups excluding carboxylic acids is 2. The summed E-state index contributed by atoms with van der Waals surface area (Å²) in [6.07, 6.45) is 4.59. The zero-order valence-corrected chi connectivity index (χ0v) is 14.3. The van der Waals surface area contributed by atoms with Crippen LogP contribution in [0.5, 0.6) is 0 Å². The van der Waals surface area contributed by atoms with Gasteiger partial charge in [-0.1, -0.05) is 43.9 Å². The Hall–Kier alpha value is -1.49. The Balaban J connectivity index is 2.09. The highest BCUT2D eigenvalue weighted by atomic mass is 32.2. The fraction of sp³-hybridized carbons (Fsp3) is 0.529. The van der Waals surface area contributed by atoms with E-state index in [4.69, 9.17) is 0 Å². The zero-order chi connectivity index (χ0) is 16.2. The van der Waals surface area contributed by atoms with Crippen molar-refractivity contribution in [1.82, 2.24) is 5.32 Å². The molecule has 0 spiro atoms. The van der Waals surface area contributed by atoms with Gasteiger partial charge in [0.05, 0.1) is 11.5 Å². The first-order valence-corrected chi connectivity index (χ1v) is 8.98. The number of anilines is 1. The van der Waals surface area contributed by atoms with Gasteiger partial charge in [0, 0.05) is 12.2 Å². The van der Waals surface area contributed by atoms with Gasteiger partial charge in [-0.05, 0) is 25.5 Å². The largest absolute Gasteiger partial charge is 0.355 e. The van der Waals surface area contributed by atoms with E-state index in [0.29, 0.717) is 5.75 Å². The lowest BCUT2D eigenvalue weighted by atomic mass is 10.2. The number of hydrogen-bond acceptors (Lipinski definition) is 3. The highest BCUT2D eigenvalue weighted by Gasteiger charge is 2.05. The molecule has 4 nitrogen and oxygen atoms in total. The molecule has 0 aliphatic rings. The summed E-state index contributed by atoms with van der Waals surface area (Å²) in [5.41, 5.74) is 1.94. The molecule has 0 aliphatic heterocycles. The second-order valence-electron chi connectivity index (χ2n) is 5.32. The van der Waals surface area contributed by atoms with Crippen molar-refractivity contribution in [3.05, 3.63) is 29.8 Å². The molecule has 0 fully saturated rings. The van der Waals surface area contributed by atoms with E-state index in [1.165, 1.54) is 24.6 Å². The summed E-state index contributed by atoms with van der Waals surface area (Å²) in [7, 11) is 0. The number of nitrogens with one attached hydrogen (secondary N) is 2. The molecule has 0 radical (unpaired) electrons. The average molecular weight is 322 g/mol. The van der Waals surface area contributed by atoms with Crippen LogP contribution >= 0.6 is 11.8 Å². The Morgan fingerprint density at radius 2 is 1.68 bits per heavy atom. The Bertz CT molecular complexity index is 460. The van der Waals surface area contributed by atoms with E-state index in [2.05, 4.69) is 17.6 Å². The third-order valence-corrected chi connectivity index (χ3v) is 4.09. The molecule has 122 valence electrons. The molecule has 1 aromatic rings. The SMILES string of the molecule is CCCCCCNC(=O)CSCC(=O)Nc1ccc(C)cc1. The summed E-state index contributed by atoms with van der Waals surface area (Å²) in [6.45, 7) is 4.90. The zero-order valence-electron chi connectivity index (χ0n) is 13.5. The van der Waals surface area contributed by atoms with Gasteiger partial charge >= 0.3 is 0 Å². The molecular formula is C17H26N2O2S. The third-order valence-electron chi connectivity index (χ3n) is 3.15. The fourth-order valence-electron chi connectivity index (χ4n) is 1.90. The molecule has 0 unspecified atom stereocenters. The van der Waals surface area contributed by atoms with Crippen molar-refractivity contribution in [2.75, 3.05) is 23.4 Å². The molecule has 22 heavy (non-hydrogen) atoms. The Morgan fingerprint density at radius 1 is 1.00 bits per heavy atom. The van der Waals surface area contributed by atoms with Crippen LogP contribution in [-0.2, 0) is 9.59 Å². The number of amides is 2. The standard InChI is InChI=1S/C17H26N2O2S/c1-3-4-5-6-11-18-16(20)12-22-13-17(21)19-15-9-7-14(2)8-10-15/h7-10H,3-6,11-13H2,1-2H3,(H,18,20)(H,19,21). The molecule has 2 amide bonds. The minimum atomic E-state index is -0.0791. The van der Waals surface area contributed by atoms with Crippen LogP contribution in [0.15, 0.2) is 24.3 Å². The summed E-state index contributed by atoms with van der Waals surface area (Å²) in [5.74, 6) is 0.543. The molecule has 0 saturated heterocycles. The van der Waals surface area contributed by atoms with Crippen LogP contribution in [0.1, 0.15) is 38.2 Å². The Labute approximate surface area is 137 Å². The molecule has 0 aromatic heterocycles. The molecule has 5 heteroatoms. The minimum absolute atomic E-state index is 0.00429. The normalized spacial score (nSPS) is 10.3. The molecule has 1 aromatic carbocycles. The van der Waals surface area contributed by atoms with E-state index in [1.54, 1.807) is 0 Å². The monoisotopic (exact) mass is 322 g/mol. The summed E-state index contributed by atoms with van der Waals surface area (Å²) in [4.78, 5) is 23.3. The minimum Gasteiger partial charge on any atom is -0.355 e. The van der Waals surface area contributed by atoms with Crippen LogP contribution in [0.25, 0.3) is 0 Å². The predicted molar refractivity (Wildman–Crippen MR) is 94.3 cm³/mol. The number of thioether (sulfide) groups is 1. The van der Waals surface area contributed by atoms with Crippen LogP contribution in [0, 0.1) is 6.92 Å². The molecule has 0 aliphatic carbocycles. The van der Waals surface area contributed by atoms with Crippen molar-refractivity contribution >= 4 is 29.3 Å². The molecule has 0 heterocycles. The fourth-order valence-corrected chi connectivity index (χ4v) is 2.55. The Morgan fingerprint density at radius 3 is 2.36 bits per heavy atom. The van der Waals surface area contributed by atoms with Gasteiger partial charge in [-0.15, -0.1) is 11.8 Å². The number of carbonyl (C=O) groups is 2. The maximum absolute atomic E-state index is 11.7. The van der Waals surface area contributed by atoms with Crippen molar-refractivity contribution < 1.29 is 9.59 Å². The lowest BCUT2D eigenvalue weighted by Crippen LogP contribution is -2.27. The highest BCUT2D eigenvalue weighted by Crippen LogP contribution is 2.09. The van der Waals surface area contributed by atoms with E-state index in [0.717, 1.165) is 30.6 Å². The van der Waals surface area contributed by atoms with Crippen molar-refractivity contribution in [3.63, 3.8) is 0 Å². The third kappa shape index (κ3) is 8.72. The number of unbranched alkanes of at least 4 members (excludes halogenated alkanes) is 3. The van der Waals surface area contributed by atoms with Crippen LogP contribution in [0.4, 0.5) is 5.69 Å².